The van der Waals surface area contributed by atoms with Gasteiger partial charge in [0.05, 0.1) is 0 Å². The number of aromatic hydroxyl groups is 1. The molecule has 12 nitrogen and oxygen atoms in total. The summed E-state index contributed by atoms with van der Waals surface area (Å²) in [6.07, 6.45) is 1.75. The molecule has 0 spiro atoms. The Kier molecular flexibility index (Phi) is 15.5. The number of benzene rings is 1. The second-order valence-corrected chi connectivity index (χ2v) is 8.00. The fourth-order valence-electron chi connectivity index (χ4n) is 2.84. The van der Waals surface area contributed by atoms with E-state index in [9.17, 15) is 24.3 Å². The number of hydrogen-bond acceptors (Lipinski definition) is 8. The van der Waals surface area contributed by atoms with Crippen molar-refractivity contribution in [1.82, 2.24) is 16.0 Å². The van der Waals surface area contributed by atoms with Crippen LogP contribution in [0.1, 0.15) is 38.7 Å². The van der Waals surface area contributed by atoms with Crippen molar-refractivity contribution in [1.29, 1.82) is 0 Å². The van der Waals surface area contributed by atoms with Crippen molar-refractivity contribution < 1.29 is 34.2 Å². The van der Waals surface area contributed by atoms with Gasteiger partial charge in [0, 0.05) is 26.0 Å². The van der Waals surface area contributed by atoms with E-state index >= 15 is 0 Å². The smallest absolute Gasteiger partial charge is 0.300 e. The molecule has 13 heteroatoms. The maximum Gasteiger partial charge on any atom is 0.300 e. The van der Waals surface area contributed by atoms with Gasteiger partial charge in [0.25, 0.3) is 5.97 Å². The SMILES string of the molecule is CC(=O)N[C@@H](CCCCN)C(=O)N[C@@H](Cc1ccc(O)cc1)C(=O)N[C@@H](CS)C(N)=O.CC(=O)O. The molecule has 4 amide bonds. The van der Waals surface area contributed by atoms with Gasteiger partial charge >= 0.3 is 0 Å². The topological polar surface area (TPSA) is 214 Å². The lowest BCUT2D eigenvalue weighted by molar-refractivity contribution is -0.134. The molecule has 1 rings (SSSR count). The van der Waals surface area contributed by atoms with Gasteiger partial charge in [0.15, 0.2) is 0 Å². The third-order valence-corrected chi connectivity index (χ3v) is 4.86. The molecule has 0 radical (unpaired) electrons. The van der Waals surface area contributed by atoms with Gasteiger partial charge < -0.3 is 37.6 Å². The third-order valence-electron chi connectivity index (χ3n) is 4.49. The highest BCUT2D eigenvalue weighted by molar-refractivity contribution is 7.80. The Labute approximate surface area is 209 Å². The van der Waals surface area contributed by atoms with Crippen molar-refractivity contribution in [3.63, 3.8) is 0 Å². The van der Waals surface area contributed by atoms with Crippen molar-refractivity contribution in [2.75, 3.05) is 12.3 Å². The van der Waals surface area contributed by atoms with E-state index in [0.717, 1.165) is 6.92 Å². The van der Waals surface area contributed by atoms with Crippen LogP contribution in [0.25, 0.3) is 0 Å². The lowest BCUT2D eigenvalue weighted by Gasteiger charge is -2.24. The summed E-state index contributed by atoms with van der Waals surface area (Å²) in [7, 11) is 0. The first-order valence-corrected chi connectivity index (χ1v) is 11.5. The zero-order chi connectivity index (χ0) is 27.0. The van der Waals surface area contributed by atoms with Crippen LogP contribution in [-0.2, 0) is 30.4 Å². The number of carboxylic acid groups (broad SMARTS) is 1. The molecular weight excluding hydrogens is 478 g/mol. The number of primary amides is 1. The first-order chi connectivity index (χ1) is 16.4. The summed E-state index contributed by atoms with van der Waals surface area (Å²) in [5, 5.41) is 24.6. The summed E-state index contributed by atoms with van der Waals surface area (Å²) in [5.41, 5.74) is 11.4. The van der Waals surface area contributed by atoms with Gasteiger partial charge in [0.2, 0.25) is 23.6 Å². The highest BCUT2D eigenvalue weighted by Gasteiger charge is 2.28. The van der Waals surface area contributed by atoms with Crippen LogP contribution in [0.5, 0.6) is 5.75 Å². The molecule has 0 aliphatic carbocycles. The Morgan fingerprint density at radius 2 is 1.43 bits per heavy atom. The van der Waals surface area contributed by atoms with Crippen molar-refractivity contribution in [2.24, 2.45) is 11.5 Å². The van der Waals surface area contributed by atoms with E-state index in [4.69, 9.17) is 21.4 Å². The Bertz CT molecular complexity index is 847. The van der Waals surface area contributed by atoms with Crippen molar-refractivity contribution >= 4 is 42.2 Å². The molecule has 196 valence electrons. The molecule has 9 N–H and O–H groups in total. The second-order valence-electron chi connectivity index (χ2n) is 7.63. The molecule has 0 aromatic heterocycles. The van der Waals surface area contributed by atoms with Crippen LogP contribution in [0, 0.1) is 0 Å². The number of unbranched alkanes of at least 4 members (excludes halogenated alkanes) is 1. The summed E-state index contributed by atoms with van der Waals surface area (Å²) in [6.45, 7) is 2.84. The Morgan fingerprint density at radius 1 is 0.914 bits per heavy atom. The number of carbonyl (C=O) groups excluding carboxylic acids is 4. The number of aliphatic carboxylic acids is 1. The lowest BCUT2D eigenvalue weighted by Crippen LogP contribution is -2.57. The molecule has 3 atom stereocenters. The summed E-state index contributed by atoms with van der Waals surface area (Å²) in [6, 6.07) is 3.24. The number of thiol groups is 1. The number of carboxylic acids is 1. The summed E-state index contributed by atoms with van der Waals surface area (Å²) in [5.74, 6) is -3.07. The van der Waals surface area contributed by atoms with Gasteiger partial charge in [-0.15, -0.1) is 0 Å². The van der Waals surface area contributed by atoms with Gasteiger partial charge in [-0.25, -0.2) is 0 Å². The number of carbonyl (C=O) groups is 5. The summed E-state index contributed by atoms with van der Waals surface area (Å²) >= 11 is 4.01. The predicted molar refractivity (Wildman–Crippen MR) is 133 cm³/mol. The molecule has 1 aromatic carbocycles. The molecule has 0 bridgehead atoms. The molecule has 0 unspecified atom stereocenters. The highest BCUT2D eigenvalue weighted by atomic mass is 32.1. The Morgan fingerprint density at radius 3 is 1.89 bits per heavy atom. The first-order valence-electron chi connectivity index (χ1n) is 10.9. The fraction of sp³-hybridized carbons (Fsp3) is 0.500. The number of nitrogens with two attached hydrogens (primary N) is 2. The number of amides is 4. The van der Waals surface area contributed by atoms with Crippen molar-refractivity contribution in [3.05, 3.63) is 29.8 Å². The molecular formula is C22H35N5O7S. The van der Waals surface area contributed by atoms with Crippen LogP contribution in [-0.4, -0.2) is 70.2 Å². The summed E-state index contributed by atoms with van der Waals surface area (Å²) in [4.78, 5) is 57.6. The molecule has 0 aliphatic heterocycles. The van der Waals surface area contributed by atoms with Crippen LogP contribution in [0.15, 0.2) is 24.3 Å². The average Bonchev–Trinajstić information content (AvgIpc) is 2.76. The quantitative estimate of drug-likeness (QED) is 0.121. The lowest BCUT2D eigenvalue weighted by atomic mass is 10.0. The van der Waals surface area contributed by atoms with Crippen LogP contribution >= 0.6 is 12.6 Å². The van der Waals surface area contributed by atoms with E-state index in [1.165, 1.54) is 19.1 Å². The zero-order valence-corrected chi connectivity index (χ0v) is 20.7. The van der Waals surface area contributed by atoms with E-state index in [2.05, 4.69) is 28.6 Å². The molecule has 1 aromatic rings. The van der Waals surface area contributed by atoms with E-state index in [1.54, 1.807) is 12.1 Å². The minimum Gasteiger partial charge on any atom is -0.508 e. The number of nitrogens with one attached hydrogen (secondary N) is 3. The minimum absolute atomic E-state index is 0.00540. The van der Waals surface area contributed by atoms with Gasteiger partial charge in [-0.3, -0.25) is 24.0 Å². The normalized spacial score (nSPS) is 12.7. The third kappa shape index (κ3) is 14.5. The van der Waals surface area contributed by atoms with Gasteiger partial charge in [-0.1, -0.05) is 12.1 Å². The van der Waals surface area contributed by atoms with E-state index < -0.39 is 41.8 Å². The van der Waals surface area contributed by atoms with E-state index in [1.807, 2.05) is 0 Å². The van der Waals surface area contributed by atoms with Crippen LogP contribution < -0.4 is 27.4 Å². The van der Waals surface area contributed by atoms with Crippen molar-refractivity contribution in [3.8, 4) is 5.75 Å². The number of phenols is 1. The Hall–Kier alpha value is -3.32. The molecule has 0 saturated heterocycles. The number of phenolic OH excluding ortho intramolecular Hbond substituents is 1. The molecule has 0 saturated carbocycles. The van der Waals surface area contributed by atoms with Gasteiger partial charge in [-0.05, 0) is 43.5 Å². The highest BCUT2D eigenvalue weighted by Crippen LogP contribution is 2.12. The average molecular weight is 514 g/mol. The van der Waals surface area contributed by atoms with Crippen molar-refractivity contribution in [2.45, 2.75) is 57.7 Å². The monoisotopic (exact) mass is 513 g/mol. The van der Waals surface area contributed by atoms with Crippen LogP contribution in [0.3, 0.4) is 0 Å². The largest absolute Gasteiger partial charge is 0.508 e. The second kappa shape index (κ2) is 17.2. The Balaban J connectivity index is 0.00000267. The molecule has 0 fully saturated rings. The molecule has 35 heavy (non-hydrogen) atoms. The minimum atomic E-state index is -1.05. The number of rotatable bonds is 13. The maximum absolute atomic E-state index is 12.8. The summed E-state index contributed by atoms with van der Waals surface area (Å²) < 4.78 is 0. The van der Waals surface area contributed by atoms with Crippen LogP contribution in [0.4, 0.5) is 0 Å². The fourth-order valence-corrected chi connectivity index (χ4v) is 3.11. The van der Waals surface area contributed by atoms with Crippen LogP contribution in [0.2, 0.25) is 0 Å². The molecule has 0 heterocycles. The van der Waals surface area contributed by atoms with E-state index in [-0.39, 0.29) is 23.8 Å². The predicted octanol–water partition coefficient (Wildman–Crippen LogP) is -0.956. The number of hydrogen-bond donors (Lipinski definition) is 8. The maximum atomic E-state index is 12.8. The molecule has 0 aliphatic rings. The van der Waals surface area contributed by atoms with Gasteiger partial charge in [-0.2, -0.15) is 12.6 Å². The van der Waals surface area contributed by atoms with Gasteiger partial charge in [0.1, 0.15) is 23.9 Å². The standard InChI is InChI=1S/C20H31N5O5S.C2H4O2/c1-12(26)23-15(4-2-3-9-21)19(29)24-16(10-13-5-7-14(27)8-6-13)20(30)25-17(11-31)18(22)28;1-2(3)4/h5-8,15-17,27,31H,2-4,9-11,21H2,1H3,(H2,22,28)(H,23,26)(H,24,29)(H,25,30);1H3,(H,3,4)/t15-,16-,17-;/m0./s1. The zero-order valence-electron chi connectivity index (χ0n) is 19.8. The van der Waals surface area contributed by atoms with E-state index in [0.29, 0.717) is 31.4 Å². The first kappa shape index (κ1) is 31.7.